The summed E-state index contributed by atoms with van der Waals surface area (Å²) in [6.07, 6.45) is 4.79. The minimum atomic E-state index is -3.09. The normalized spacial score (nSPS) is 19.5. The van der Waals surface area contributed by atoms with Gasteiger partial charge in [0.25, 0.3) is 0 Å². The maximum absolute atomic E-state index is 11.2. The SMILES string of the molecule is NCCS(=O)(=O)NCC1CCCC1. The lowest BCUT2D eigenvalue weighted by Crippen LogP contribution is -2.32. The van der Waals surface area contributed by atoms with Crippen LogP contribution in [0.3, 0.4) is 0 Å². The summed E-state index contributed by atoms with van der Waals surface area (Å²) in [6, 6.07) is 0. The van der Waals surface area contributed by atoms with E-state index in [2.05, 4.69) is 4.72 Å². The fourth-order valence-electron chi connectivity index (χ4n) is 1.69. The van der Waals surface area contributed by atoms with Crippen LogP contribution in [-0.2, 0) is 10.0 Å². The first-order valence-corrected chi connectivity index (χ1v) is 6.46. The predicted octanol–water partition coefficient (Wildman–Crippen LogP) is 0.0547. The Bertz CT molecular complexity index is 233. The third-order valence-electron chi connectivity index (χ3n) is 2.45. The highest BCUT2D eigenvalue weighted by Crippen LogP contribution is 2.23. The first-order valence-electron chi connectivity index (χ1n) is 4.81. The Morgan fingerprint density at radius 3 is 2.46 bits per heavy atom. The molecule has 1 fully saturated rings. The van der Waals surface area contributed by atoms with Crippen molar-refractivity contribution in [2.24, 2.45) is 11.7 Å². The molecular formula is C8H18N2O2S. The van der Waals surface area contributed by atoms with Gasteiger partial charge in [-0.15, -0.1) is 0 Å². The number of sulfonamides is 1. The molecule has 0 bridgehead atoms. The summed E-state index contributed by atoms with van der Waals surface area (Å²) < 4.78 is 25.0. The van der Waals surface area contributed by atoms with E-state index in [0.717, 1.165) is 12.8 Å². The van der Waals surface area contributed by atoms with Crippen molar-refractivity contribution in [2.75, 3.05) is 18.8 Å². The van der Waals surface area contributed by atoms with E-state index < -0.39 is 10.0 Å². The predicted molar refractivity (Wildman–Crippen MR) is 52.8 cm³/mol. The zero-order valence-electron chi connectivity index (χ0n) is 7.83. The van der Waals surface area contributed by atoms with E-state index in [9.17, 15) is 8.42 Å². The summed E-state index contributed by atoms with van der Waals surface area (Å²) in [7, 11) is -3.09. The molecule has 0 aromatic heterocycles. The first-order chi connectivity index (χ1) is 6.14. The second-order valence-corrected chi connectivity index (χ2v) is 5.53. The van der Waals surface area contributed by atoms with E-state index in [4.69, 9.17) is 5.73 Å². The highest BCUT2D eigenvalue weighted by atomic mass is 32.2. The molecule has 0 aliphatic heterocycles. The molecule has 1 aliphatic rings. The van der Waals surface area contributed by atoms with Crippen LogP contribution in [0.1, 0.15) is 25.7 Å². The Labute approximate surface area is 79.9 Å². The minimum Gasteiger partial charge on any atom is -0.329 e. The van der Waals surface area contributed by atoms with E-state index in [1.54, 1.807) is 0 Å². The second kappa shape index (κ2) is 4.93. The quantitative estimate of drug-likeness (QED) is 0.668. The first kappa shape index (κ1) is 10.9. The van der Waals surface area contributed by atoms with Crippen LogP contribution in [0.15, 0.2) is 0 Å². The van der Waals surface area contributed by atoms with Crippen molar-refractivity contribution in [2.45, 2.75) is 25.7 Å². The van der Waals surface area contributed by atoms with Crippen LogP contribution in [0.25, 0.3) is 0 Å². The monoisotopic (exact) mass is 206 g/mol. The van der Waals surface area contributed by atoms with Gasteiger partial charge in [-0.3, -0.25) is 0 Å². The van der Waals surface area contributed by atoms with E-state index in [0.29, 0.717) is 12.5 Å². The van der Waals surface area contributed by atoms with Crippen molar-refractivity contribution >= 4 is 10.0 Å². The van der Waals surface area contributed by atoms with Gasteiger partial charge in [0, 0.05) is 13.1 Å². The van der Waals surface area contributed by atoms with Crippen molar-refractivity contribution in [1.82, 2.24) is 4.72 Å². The minimum absolute atomic E-state index is 0.0414. The van der Waals surface area contributed by atoms with E-state index in [1.165, 1.54) is 12.8 Å². The van der Waals surface area contributed by atoms with Crippen LogP contribution in [0.5, 0.6) is 0 Å². The van der Waals surface area contributed by atoms with Crippen LogP contribution in [0.2, 0.25) is 0 Å². The molecule has 1 rings (SSSR count). The van der Waals surface area contributed by atoms with Gasteiger partial charge in [0.1, 0.15) is 0 Å². The molecule has 1 saturated carbocycles. The Balaban J connectivity index is 2.24. The zero-order chi connectivity index (χ0) is 9.73. The smallest absolute Gasteiger partial charge is 0.212 e. The molecule has 0 unspecified atom stereocenters. The van der Waals surface area contributed by atoms with Gasteiger partial charge in [-0.2, -0.15) is 0 Å². The van der Waals surface area contributed by atoms with Crippen LogP contribution >= 0.6 is 0 Å². The molecule has 5 heteroatoms. The number of nitrogens with two attached hydrogens (primary N) is 1. The molecule has 0 amide bonds. The topological polar surface area (TPSA) is 72.2 Å². The van der Waals surface area contributed by atoms with Crippen molar-refractivity contribution in [3.05, 3.63) is 0 Å². The Morgan fingerprint density at radius 1 is 1.31 bits per heavy atom. The van der Waals surface area contributed by atoms with Crippen molar-refractivity contribution in [3.8, 4) is 0 Å². The molecule has 0 saturated heterocycles. The summed E-state index contributed by atoms with van der Waals surface area (Å²) >= 11 is 0. The largest absolute Gasteiger partial charge is 0.329 e. The van der Waals surface area contributed by atoms with Gasteiger partial charge in [-0.1, -0.05) is 12.8 Å². The molecule has 78 valence electrons. The van der Waals surface area contributed by atoms with Gasteiger partial charge in [-0.25, -0.2) is 13.1 Å². The average molecular weight is 206 g/mol. The van der Waals surface area contributed by atoms with Gasteiger partial charge in [0.2, 0.25) is 10.0 Å². The average Bonchev–Trinajstić information content (AvgIpc) is 2.52. The molecule has 3 N–H and O–H groups in total. The van der Waals surface area contributed by atoms with Crippen molar-refractivity contribution in [1.29, 1.82) is 0 Å². The molecule has 0 radical (unpaired) electrons. The Morgan fingerprint density at radius 2 is 1.92 bits per heavy atom. The summed E-state index contributed by atoms with van der Waals surface area (Å²) in [5, 5.41) is 0. The van der Waals surface area contributed by atoms with Crippen molar-refractivity contribution in [3.63, 3.8) is 0 Å². The molecule has 0 heterocycles. The number of hydrogen-bond acceptors (Lipinski definition) is 3. The third kappa shape index (κ3) is 4.06. The number of nitrogens with one attached hydrogen (secondary N) is 1. The maximum Gasteiger partial charge on any atom is 0.212 e. The number of rotatable bonds is 5. The molecule has 1 aliphatic carbocycles. The lowest BCUT2D eigenvalue weighted by atomic mass is 10.1. The molecule has 0 aromatic carbocycles. The van der Waals surface area contributed by atoms with E-state index in [-0.39, 0.29) is 12.3 Å². The van der Waals surface area contributed by atoms with Gasteiger partial charge in [0.05, 0.1) is 5.75 Å². The molecule has 0 atom stereocenters. The standard InChI is InChI=1S/C8H18N2O2S/c9-5-6-13(11,12)10-7-8-3-1-2-4-8/h8,10H,1-7,9H2. The second-order valence-electron chi connectivity index (χ2n) is 3.61. The maximum atomic E-state index is 11.2. The molecule has 0 spiro atoms. The third-order valence-corrected chi connectivity index (χ3v) is 3.83. The summed E-state index contributed by atoms with van der Waals surface area (Å²) in [4.78, 5) is 0. The zero-order valence-corrected chi connectivity index (χ0v) is 8.65. The molecule has 13 heavy (non-hydrogen) atoms. The Hall–Kier alpha value is -0.130. The van der Waals surface area contributed by atoms with Gasteiger partial charge >= 0.3 is 0 Å². The van der Waals surface area contributed by atoms with Crippen molar-refractivity contribution < 1.29 is 8.42 Å². The van der Waals surface area contributed by atoms with E-state index in [1.807, 2.05) is 0 Å². The summed E-state index contributed by atoms with van der Waals surface area (Å²) in [6.45, 7) is 0.794. The fraction of sp³-hybridized carbons (Fsp3) is 1.00. The summed E-state index contributed by atoms with van der Waals surface area (Å²) in [5.41, 5.74) is 5.18. The number of hydrogen-bond donors (Lipinski definition) is 2. The molecular weight excluding hydrogens is 188 g/mol. The van der Waals surface area contributed by atoms with Gasteiger partial charge in [0.15, 0.2) is 0 Å². The van der Waals surface area contributed by atoms with Crippen LogP contribution in [0.4, 0.5) is 0 Å². The highest BCUT2D eigenvalue weighted by Gasteiger charge is 2.17. The highest BCUT2D eigenvalue weighted by molar-refractivity contribution is 7.89. The van der Waals surface area contributed by atoms with Crippen LogP contribution in [-0.4, -0.2) is 27.3 Å². The fourth-order valence-corrected chi connectivity index (χ4v) is 2.63. The van der Waals surface area contributed by atoms with Crippen LogP contribution < -0.4 is 10.5 Å². The van der Waals surface area contributed by atoms with Gasteiger partial charge in [-0.05, 0) is 18.8 Å². The lowest BCUT2D eigenvalue weighted by Gasteiger charge is -2.10. The lowest BCUT2D eigenvalue weighted by molar-refractivity contribution is 0.519. The summed E-state index contributed by atoms with van der Waals surface area (Å²) in [5.74, 6) is 0.590. The molecule has 4 nitrogen and oxygen atoms in total. The molecule has 0 aromatic rings. The Kier molecular flexibility index (Phi) is 4.15. The van der Waals surface area contributed by atoms with E-state index >= 15 is 0 Å². The van der Waals surface area contributed by atoms with Crippen LogP contribution in [0, 0.1) is 5.92 Å². The van der Waals surface area contributed by atoms with Gasteiger partial charge < -0.3 is 5.73 Å².